The average Bonchev–Trinajstić information content (AvgIpc) is 3.40. The molecule has 8 heteroatoms. The molecule has 0 spiro atoms. The zero-order valence-corrected chi connectivity index (χ0v) is 17.0. The van der Waals surface area contributed by atoms with Crippen molar-refractivity contribution in [1.82, 2.24) is 29.9 Å². The number of hydrogen-bond donors (Lipinski definition) is 1. The van der Waals surface area contributed by atoms with Gasteiger partial charge in [0.1, 0.15) is 12.4 Å². The Morgan fingerprint density at radius 2 is 2.14 bits per heavy atom. The van der Waals surface area contributed by atoms with Crippen molar-refractivity contribution in [1.29, 1.82) is 0 Å². The number of aromatic nitrogens is 5. The number of likely N-dealkylation sites (tertiary alicyclic amines) is 1. The van der Waals surface area contributed by atoms with Gasteiger partial charge >= 0.3 is 0 Å². The Kier molecular flexibility index (Phi) is 5.44. The number of carbonyl (C=O) groups is 1. The molecule has 152 valence electrons. The summed E-state index contributed by atoms with van der Waals surface area (Å²) >= 11 is 0. The molecule has 1 fully saturated rings. The third-order valence-electron chi connectivity index (χ3n) is 5.12. The van der Waals surface area contributed by atoms with E-state index in [-0.39, 0.29) is 24.6 Å². The molecular formula is C21H26N6O2. The lowest BCUT2D eigenvalue weighted by Crippen LogP contribution is -2.35. The van der Waals surface area contributed by atoms with Crippen LogP contribution in [0.3, 0.4) is 0 Å². The first kappa shape index (κ1) is 19.3. The molecule has 1 saturated heterocycles. The molecule has 1 N–H and O–H groups in total. The summed E-state index contributed by atoms with van der Waals surface area (Å²) in [5.41, 5.74) is 3.37. The van der Waals surface area contributed by atoms with Crippen molar-refractivity contribution < 1.29 is 9.53 Å². The van der Waals surface area contributed by atoms with Crippen LogP contribution in [0.4, 0.5) is 0 Å². The highest BCUT2D eigenvalue weighted by Gasteiger charge is 2.39. The maximum absolute atomic E-state index is 13.0. The fourth-order valence-corrected chi connectivity index (χ4v) is 3.75. The average molecular weight is 394 g/mol. The lowest BCUT2D eigenvalue weighted by atomic mass is 10.1. The number of benzene rings is 1. The van der Waals surface area contributed by atoms with E-state index in [0.717, 1.165) is 17.0 Å². The van der Waals surface area contributed by atoms with Crippen molar-refractivity contribution in [2.45, 2.75) is 52.5 Å². The molecule has 29 heavy (non-hydrogen) atoms. The van der Waals surface area contributed by atoms with Crippen LogP contribution in [0, 0.1) is 20.8 Å². The minimum absolute atomic E-state index is 0.0118. The predicted octanol–water partition coefficient (Wildman–Crippen LogP) is 2.49. The number of amides is 1. The summed E-state index contributed by atoms with van der Waals surface area (Å²) in [5.74, 6) is 1.36. The topological polar surface area (TPSA) is 88.9 Å². The molecule has 3 heterocycles. The van der Waals surface area contributed by atoms with E-state index < -0.39 is 0 Å². The summed E-state index contributed by atoms with van der Waals surface area (Å²) in [6, 6.07) is 8.07. The maximum Gasteiger partial charge on any atom is 0.245 e. The van der Waals surface area contributed by atoms with Gasteiger partial charge in [-0.25, -0.2) is 4.98 Å². The van der Waals surface area contributed by atoms with Gasteiger partial charge in [-0.2, -0.15) is 10.2 Å². The molecule has 1 aromatic carbocycles. The van der Waals surface area contributed by atoms with E-state index in [2.05, 4.69) is 45.4 Å². The predicted molar refractivity (Wildman–Crippen MR) is 107 cm³/mol. The third kappa shape index (κ3) is 4.54. The lowest BCUT2D eigenvalue weighted by molar-refractivity contribution is -0.133. The number of nitrogens with one attached hydrogen (secondary N) is 1. The Balaban J connectivity index is 1.47. The first-order valence-electron chi connectivity index (χ1n) is 9.82. The summed E-state index contributed by atoms with van der Waals surface area (Å²) in [6.45, 7) is 7.11. The third-order valence-corrected chi connectivity index (χ3v) is 5.12. The molecule has 0 saturated carbocycles. The first-order valence-corrected chi connectivity index (χ1v) is 9.82. The van der Waals surface area contributed by atoms with E-state index in [1.54, 1.807) is 10.9 Å². The van der Waals surface area contributed by atoms with Crippen molar-refractivity contribution in [2.24, 2.45) is 0 Å². The standard InChI is InChI=1S/C21H26N6O2/c1-14-5-4-6-17(7-14)13-29-18-8-19(21-23-16(3)24-25-21)27(11-18)20(28)12-26-10-15(2)9-22-26/h4-7,9-10,18-19H,8,11-13H2,1-3H3,(H,23,24,25)/t18-,19-/m0/s1. The Morgan fingerprint density at radius 1 is 1.28 bits per heavy atom. The van der Waals surface area contributed by atoms with E-state index in [1.807, 2.05) is 31.0 Å². The molecule has 0 aliphatic carbocycles. The molecular weight excluding hydrogens is 368 g/mol. The number of nitrogens with zero attached hydrogens (tertiary/aromatic N) is 5. The molecule has 3 aromatic rings. The van der Waals surface area contributed by atoms with Crippen LogP contribution in [-0.4, -0.2) is 48.4 Å². The summed E-state index contributed by atoms with van der Waals surface area (Å²) in [4.78, 5) is 19.3. The molecule has 1 aliphatic heterocycles. The fourth-order valence-electron chi connectivity index (χ4n) is 3.75. The highest BCUT2D eigenvalue weighted by molar-refractivity contribution is 5.76. The smallest absolute Gasteiger partial charge is 0.245 e. The number of rotatable bonds is 6. The highest BCUT2D eigenvalue weighted by atomic mass is 16.5. The number of aryl methyl sites for hydroxylation is 3. The number of ether oxygens (including phenoxy) is 1. The van der Waals surface area contributed by atoms with Crippen molar-refractivity contribution in [3.05, 3.63) is 65.0 Å². The van der Waals surface area contributed by atoms with Crippen molar-refractivity contribution in [3.63, 3.8) is 0 Å². The van der Waals surface area contributed by atoms with E-state index in [0.29, 0.717) is 25.4 Å². The molecule has 0 radical (unpaired) electrons. The minimum Gasteiger partial charge on any atom is -0.372 e. The second-order valence-corrected chi connectivity index (χ2v) is 7.71. The largest absolute Gasteiger partial charge is 0.372 e. The van der Waals surface area contributed by atoms with E-state index in [4.69, 9.17) is 4.74 Å². The van der Waals surface area contributed by atoms with Crippen LogP contribution in [-0.2, 0) is 22.7 Å². The first-order chi connectivity index (χ1) is 14.0. The van der Waals surface area contributed by atoms with Gasteiger partial charge in [0.2, 0.25) is 5.91 Å². The normalized spacial score (nSPS) is 19.1. The zero-order chi connectivity index (χ0) is 20.4. The number of hydrogen-bond acceptors (Lipinski definition) is 5. The molecule has 8 nitrogen and oxygen atoms in total. The monoisotopic (exact) mass is 394 g/mol. The number of carbonyl (C=O) groups excluding carboxylic acids is 1. The van der Waals surface area contributed by atoms with Gasteiger partial charge in [0.05, 0.1) is 24.9 Å². The summed E-state index contributed by atoms with van der Waals surface area (Å²) in [6.07, 6.45) is 4.22. The van der Waals surface area contributed by atoms with Gasteiger partial charge in [-0.05, 0) is 31.9 Å². The molecule has 2 atom stereocenters. The van der Waals surface area contributed by atoms with Gasteiger partial charge in [0.15, 0.2) is 5.82 Å². The number of H-pyrrole nitrogens is 1. The summed E-state index contributed by atoms with van der Waals surface area (Å²) in [7, 11) is 0. The molecule has 2 aromatic heterocycles. The van der Waals surface area contributed by atoms with Crippen molar-refractivity contribution in [2.75, 3.05) is 6.54 Å². The van der Waals surface area contributed by atoms with Gasteiger partial charge in [-0.3, -0.25) is 14.6 Å². The molecule has 4 rings (SSSR count). The quantitative estimate of drug-likeness (QED) is 0.694. The van der Waals surface area contributed by atoms with Crippen molar-refractivity contribution >= 4 is 5.91 Å². The summed E-state index contributed by atoms with van der Waals surface area (Å²) < 4.78 is 7.82. The Morgan fingerprint density at radius 3 is 2.83 bits per heavy atom. The minimum atomic E-state index is -0.202. The van der Waals surface area contributed by atoms with Gasteiger partial charge < -0.3 is 9.64 Å². The SMILES string of the molecule is Cc1cccc(CO[C@H]2C[C@@H](c3n[nH]c(C)n3)N(C(=O)Cn3cc(C)cn3)C2)c1. The maximum atomic E-state index is 13.0. The van der Waals surface area contributed by atoms with Gasteiger partial charge in [-0.1, -0.05) is 29.8 Å². The van der Waals surface area contributed by atoms with E-state index in [1.165, 1.54) is 5.56 Å². The van der Waals surface area contributed by atoms with Crippen LogP contribution in [0.2, 0.25) is 0 Å². The second-order valence-electron chi connectivity index (χ2n) is 7.71. The van der Waals surface area contributed by atoms with Gasteiger partial charge in [0.25, 0.3) is 0 Å². The Bertz CT molecular complexity index is 994. The molecule has 1 aliphatic rings. The van der Waals surface area contributed by atoms with E-state index in [9.17, 15) is 4.79 Å². The second kappa shape index (κ2) is 8.16. The highest BCUT2D eigenvalue weighted by Crippen LogP contribution is 2.32. The van der Waals surface area contributed by atoms with Crippen LogP contribution in [0.1, 0.15) is 40.8 Å². The zero-order valence-electron chi connectivity index (χ0n) is 17.0. The van der Waals surface area contributed by atoms with Gasteiger partial charge in [0, 0.05) is 19.2 Å². The fraction of sp³-hybridized carbons (Fsp3) is 0.429. The summed E-state index contributed by atoms with van der Waals surface area (Å²) in [5, 5.41) is 11.4. The molecule has 1 amide bonds. The van der Waals surface area contributed by atoms with Crippen LogP contribution in [0.15, 0.2) is 36.7 Å². The number of aromatic amines is 1. The van der Waals surface area contributed by atoms with E-state index >= 15 is 0 Å². The van der Waals surface area contributed by atoms with Gasteiger partial charge in [-0.15, -0.1) is 0 Å². The van der Waals surface area contributed by atoms with Crippen molar-refractivity contribution in [3.8, 4) is 0 Å². The molecule has 0 unspecified atom stereocenters. The van der Waals surface area contributed by atoms with Crippen LogP contribution < -0.4 is 0 Å². The Hall–Kier alpha value is -3.00. The Labute approximate surface area is 169 Å². The van der Waals surface area contributed by atoms with Crippen LogP contribution >= 0.6 is 0 Å². The van der Waals surface area contributed by atoms with Crippen LogP contribution in [0.25, 0.3) is 0 Å². The molecule has 0 bridgehead atoms. The lowest BCUT2D eigenvalue weighted by Gasteiger charge is -2.22. The van der Waals surface area contributed by atoms with Crippen LogP contribution in [0.5, 0.6) is 0 Å².